The Labute approximate surface area is 205 Å². The van der Waals surface area contributed by atoms with Gasteiger partial charge in [-0.05, 0) is 36.6 Å². The number of allylic oxidation sites excluding steroid dienone is 1. The van der Waals surface area contributed by atoms with Crippen LogP contribution in [0.15, 0.2) is 36.4 Å². The van der Waals surface area contributed by atoms with E-state index in [9.17, 15) is 20.1 Å². The van der Waals surface area contributed by atoms with Gasteiger partial charge in [0.05, 0.1) is 25.9 Å². The van der Waals surface area contributed by atoms with Crippen LogP contribution in [0.2, 0.25) is 0 Å². The van der Waals surface area contributed by atoms with Crippen LogP contribution in [0.3, 0.4) is 0 Å². The molecule has 192 valence electrons. The third kappa shape index (κ3) is 13.4. The van der Waals surface area contributed by atoms with Crippen molar-refractivity contribution in [2.75, 3.05) is 13.7 Å². The summed E-state index contributed by atoms with van der Waals surface area (Å²) >= 11 is 0. The number of carbonyl (C=O) groups excluding carboxylic acids is 1. The Bertz CT molecular complexity index is 732. The maximum Gasteiger partial charge on any atom is 0.244 e. The zero-order chi connectivity index (χ0) is 25.0. The second kappa shape index (κ2) is 19.0. The number of carbonyl (C=O) groups is 1. The molecular formula is C28H45NO5. The van der Waals surface area contributed by atoms with Crippen molar-refractivity contribution in [1.82, 2.24) is 5.32 Å². The summed E-state index contributed by atoms with van der Waals surface area (Å²) in [5, 5.41) is 32.1. The molecule has 0 fully saturated rings. The highest BCUT2D eigenvalue weighted by Crippen LogP contribution is 2.26. The molecule has 1 amide bonds. The van der Waals surface area contributed by atoms with E-state index in [-0.39, 0.29) is 12.4 Å². The molecule has 0 spiro atoms. The third-order valence-electron chi connectivity index (χ3n) is 5.88. The minimum atomic E-state index is -0.955. The lowest BCUT2D eigenvalue weighted by atomic mass is 10.0. The van der Waals surface area contributed by atoms with Crippen LogP contribution < -0.4 is 10.1 Å². The molecule has 1 aromatic carbocycles. The van der Waals surface area contributed by atoms with Gasteiger partial charge in [-0.2, -0.15) is 0 Å². The second-order valence-electron chi connectivity index (χ2n) is 8.81. The Balaban J connectivity index is 2.23. The van der Waals surface area contributed by atoms with Crippen LogP contribution in [0, 0.1) is 0 Å². The maximum absolute atomic E-state index is 12.2. The average molecular weight is 476 g/mol. The number of hydrogen-bond donors (Lipinski definition) is 4. The summed E-state index contributed by atoms with van der Waals surface area (Å²) in [7, 11) is 1.45. The molecule has 0 saturated carbocycles. The molecule has 6 nitrogen and oxygen atoms in total. The van der Waals surface area contributed by atoms with Gasteiger partial charge in [0.1, 0.15) is 0 Å². The van der Waals surface area contributed by atoms with Gasteiger partial charge in [-0.1, -0.05) is 89.4 Å². The van der Waals surface area contributed by atoms with Crippen LogP contribution in [-0.2, 0) is 4.79 Å². The zero-order valence-corrected chi connectivity index (χ0v) is 21.0. The number of methoxy groups -OCH3 is 1. The molecule has 34 heavy (non-hydrogen) atoms. The van der Waals surface area contributed by atoms with Crippen LogP contribution in [0.1, 0.15) is 89.5 Å². The number of hydrogen-bond acceptors (Lipinski definition) is 5. The van der Waals surface area contributed by atoms with Gasteiger partial charge >= 0.3 is 0 Å². The van der Waals surface area contributed by atoms with Gasteiger partial charge in [0.15, 0.2) is 11.5 Å². The molecule has 0 unspecified atom stereocenters. The number of benzene rings is 1. The Morgan fingerprint density at radius 3 is 2.24 bits per heavy atom. The van der Waals surface area contributed by atoms with E-state index >= 15 is 0 Å². The number of aliphatic hydroxyl groups is 2. The Morgan fingerprint density at radius 1 is 1.03 bits per heavy atom. The summed E-state index contributed by atoms with van der Waals surface area (Å²) in [6.45, 7) is 1.88. The molecule has 0 aromatic heterocycles. The highest BCUT2D eigenvalue weighted by atomic mass is 16.5. The van der Waals surface area contributed by atoms with Crippen LogP contribution >= 0.6 is 0 Å². The number of aliphatic hydroxyl groups excluding tert-OH is 2. The smallest absolute Gasteiger partial charge is 0.244 e. The molecule has 1 rings (SSSR count). The molecule has 0 aliphatic rings. The summed E-state index contributed by atoms with van der Waals surface area (Å²) in [6, 6.07) is 3.96. The molecule has 0 aliphatic carbocycles. The van der Waals surface area contributed by atoms with Crippen molar-refractivity contribution in [2.45, 2.75) is 96.1 Å². The number of rotatable bonds is 19. The van der Waals surface area contributed by atoms with Gasteiger partial charge in [0.2, 0.25) is 5.91 Å². The van der Waals surface area contributed by atoms with Gasteiger partial charge in [0.25, 0.3) is 0 Å². The van der Waals surface area contributed by atoms with Gasteiger partial charge in [-0.15, -0.1) is 0 Å². The topological polar surface area (TPSA) is 99.0 Å². The molecule has 0 bridgehead atoms. The van der Waals surface area contributed by atoms with Crippen molar-refractivity contribution in [3.05, 3.63) is 42.0 Å². The first-order valence-electron chi connectivity index (χ1n) is 12.8. The van der Waals surface area contributed by atoms with Crippen molar-refractivity contribution < 1.29 is 24.9 Å². The second-order valence-corrected chi connectivity index (χ2v) is 8.81. The molecule has 0 radical (unpaired) electrons. The zero-order valence-electron chi connectivity index (χ0n) is 21.0. The highest BCUT2D eigenvalue weighted by molar-refractivity contribution is 5.92. The quantitative estimate of drug-likeness (QED) is 0.120. The molecule has 1 aromatic rings. The van der Waals surface area contributed by atoms with Gasteiger partial charge < -0.3 is 25.4 Å². The lowest BCUT2D eigenvalue weighted by Crippen LogP contribution is -2.44. The summed E-state index contributed by atoms with van der Waals surface area (Å²) < 4.78 is 5.05. The van der Waals surface area contributed by atoms with Crippen molar-refractivity contribution in [3.8, 4) is 11.5 Å². The summed E-state index contributed by atoms with van der Waals surface area (Å²) in [5.41, 5.74) is 0.678. The number of phenols is 1. The van der Waals surface area contributed by atoms with Crippen molar-refractivity contribution in [2.24, 2.45) is 0 Å². The predicted octanol–water partition coefficient (Wildman–Crippen LogP) is 5.51. The van der Waals surface area contributed by atoms with Crippen molar-refractivity contribution in [3.63, 3.8) is 0 Å². The summed E-state index contributed by atoms with van der Waals surface area (Å²) in [6.07, 6.45) is 20.6. The van der Waals surface area contributed by atoms with Gasteiger partial charge in [-0.25, -0.2) is 0 Å². The first-order chi connectivity index (χ1) is 16.5. The van der Waals surface area contributed by atoms with Crippen molar-refractivity contribution >= 4 is 12.0 Å². The average Bonchev–Trinajstić information content (AvgIpc) is 2.84. The monoisotopic (exact) mass is 475 g/mol. The van der Waals surface area contributed by atoms with E-state index in [1.165, 1.54) is 83.5 Å². The molecular weight excluding hydrogens is 430 g/mol. The highest BCUT2D eigenvalue weighted by Gasteiger charge is 2.17. The van der Waals surface area contributed by atoms with E-state index < -0.39 is 18.1 Å². The van der Waals surface area contributed by atoms with E-state index in [4.69, 9.17) is 4.74 Å². The Morgan fingerprint density at radius 2 is 1.65 bits per heavy atom. The maximum atomic E-state index is 12.2. The standard InChI is InChI=1S/C28H45NO5/c1-3-4-5-6-7-8-9-10-11-12-13-14-15-16-25(31)24(22-30)29-28(33)20-18-23-17-19-26(32)27(21-23)34-2/h15-21,24-25,30-32H,3-14,22H2,1-2H3,(H,29,33)/b16-15+,20-18+/t24-,25+/m0/s1. The van der Waals surface area contributed by atoms with E-state index in [0.29, 0.717) is 11.3 Å². The number of phenolic OH excluding ortho intramolecular Hbond substituents is 1. The normalized spacial score (nSPS) is 13.4. The van der Waals surface area contributed by atoms with Gasteiger partial charge in [-0.3, -0.25) is 4.79 Å². The molecule has 6 heteroatoms. The molecule has 4 N–H and O–H groups in total. The lowest BCUT2D eigenvalue weighted by Gasteiger charge is -2.19. The van der Waals surface area contributed by atoms with Crippen LogP contribution in [0.5, 0.6) is 11.5 Å². The number of unbranched alkanes of at least 4 members (excludes halogenated alkanes) is 11. The molecule has 2 atom stereocenters. The summed E-state index contributed by atoms with van der Waals surface area (Å²) in [4.78, 5) is 12.2. The van der Waals surface area contributed by atoms with Crippen LogP contribution in [0.4, 0.5) is 0 Å². The van der Waals surface area contributed by atoms with Crippen molar-refractivity contribution in [1.29, 1.82) is 0 Å². The third-order valence-corrected chi connectivity index (χ3v) is 5.88. The lowest BCUT2D eigenvalue weighted by molar-refractivity contribution is -0.118. The van der Waals surface area contributed by atoms with E-state index in [2.05, 4.69) is 12.2 Å². The van der Waals surface area contributed by atoms with E-state index in [0.717, 1.165) is 12.8 Å². The summed E-state index contributed by atoms with van der Waals surface area (Å²) in [5.74, 6) is -0.0921. The number of aromatic hydroxyl groups is 1. The fourth-order valence-corrected chi connectivity index (χ4v) is 3.74. The van der Waals surface area contributed by atoms with Gasteiger partial charge in [0, 0.05) is 6.08 Å². The Hall–Kier alpha value is -2.31. The van der Waals surface area contributed by atoms with Crippen LogP contribution in [-0.4, -0.2) is 47.1 Å². The fraction of sp³-hybridized carbons (Fsp3) is 0.607. The molecule has 0 aliphatic heterocycles. The predicted molar refractivity (Wildman–Crippen MR) is 139 cm³/mol. The Kier molecular flexibility index (Phi) is 16.6. The number of amides is 1. The van der Waals surface area contributed by atoms with E-state index in [1.54, 1.807) is 24.3 Å². The number of ether oxygens (including phenoxy) is 1. The first kappa shape index (κ1) is 29.7. The minimum absolute atomic E-state index is 0.0209. The van der Waals surface area contributed by atoms with Crippen LogP contribution in [0.25, 0.3) is 6.08 Å². The number of nitrogens with one attached hydrogen (secondary N) is 1. The SMILES string of the molecule is CCCCCCCCCCCCC/C=C/[C@@H](O)[C@H](CO)NC(=O)/C=C/c1ccc(O)c(OC)c1. The molecule has 0 heterocycles. The first-order valence-corrected chi connectivity index (χ1v) is 12.8. The fourth-order valence-electron chi connectivity index (χ4n) is 3.74. The molecule has 0 saturated heterocycles. The largest absolute Gasteiger partial charge is 0.504 e. The van der Waals surface area contributed by atoms with E-state index in [1.807, 2.05) is 6.08 Å². The minimum Gasteiger partial charge on any atom is -0.504 e.